The first kappa shape index (κ1) is 19.0. The average molecular weight is 379 g/mol. The van der Waals surface area contributed by atoms with Gasteiger partial charge in [-0.15, -0.1) is 0 Å². The molecule has 2 rings (SSSR count). The highest BCUT2D eigenvalue weighted by atomic mass is 32.2. The monoisotopic (exact) mass is 379 g/mol. The van der Waals surface area contributed by atoms with Gasteiger partial charge in [0.15, 0.2) is 9.84 Å². The van der Waals surface area contributed by atoms with Gasteiger partial charge in [-0.25, -0.2) is 12.7 Å². The smallest absolute Gasteiger partial charge is 0.360 e. The lowest BCUT2D eigenvalue weighted by atomic mass is 9.85. The van der Waals surface area contributed by atoms with Crippen LogP contribution in [0.1, 0.15) is 26.3 Å². The normalized spacial score (nSPS) is 19.6. The number of benzene rings is 1. The van der Waals surface area contributed by atoms with Crippen molar-refractivity contribution < 1.29 is 30.9 Å². The highest BCUT2D eigenvalue weighted by molar-refractivity contribution is 7.93. The van der Waals surface area contributed by atoms with E-state index in [0.717, 1.165) is 0 Å². The van der Waals surface area contributed by atoms with Gasteiger partial charge in [0.25, 0.3) is 0 Å². The first-order valence-corrected chi connectivity index (χ1v) is 10.4. The first-order valence-electron chi connectivity index (χ1n) is 7.22. The Morgan fingerprint density at radius 2 is 1.92 bits per heavy atom. The largest absolute Gasteiger partial charge is 0.464 e. The number of methoxy groups -OCH3 is 1. The van der Waals surface area contributed by atoms with E-state index in [1.807, 2.05) is 13.8 Å². The highest BCUT2D eigenvalue weighted by Crippen LogP contribution is 2.44. The molecule has 0 saturated carbocycles. The molecule has 0 radical (unpaired) electrons. The number of hydrogen-bond donors (Lipinski definition) is 1. The van der Waals surface area contributed by atoms with Crippen molar-refractivity contribution in [1.29, 1.82) is 0 Å². The molecule has 1 aliphatic heterocycles. The van der Waals surface area contributed by atoms with E-state index < -0.39 is 37.7 Å². The Labute approximate surface area is 142 Å². The topological polar surface area (TPSA) is 110 Å². The van der Waals surface area contributed by atoms with Crippen LogP contribution in [-0.2, 0) is 30.3 Å². The van der Waals surface area contributed by atoms with Gasteiger partial charge in [0.1, 0.15) is 11.6 Å². The maximum absolute atomic E-state index is 11.8. The van der Waals surface area contributed by atoms with Crippen LogP contribution in [0.4, 0.5) is 5.69 Å². The van der Waals surface area contributed by atoms with Gasteiger partial charge < -0.3 is 9.47 Å². The molecule has 1 atom stereocenters. The molecule has 0 spiro atoms. The number of anilines is 1. The Hall–Kier alpha value is -1.36. The fourth-order valence-electron chi connectivity index (χ4n) is 2.56. The summed E-state index contributed by atoms with van der Waals surface area (Å²) in [7, 11) is -6.93. The van der Waals surface area contributed by atoms with E-state index in [9.17, 15) is 21.4 Å². The van der Waals surface area contributed by atoms with Gasteiger partial charge in [0.2, 0.25) is 6.29 Å². The summed E-state index contributed by atoms with van der Waals surface area (Å²) in [6.07, 6.45) is -0.554. The minimum Gasteiger partial charge on any atom is -0.464 e. The Morgan fingerprint density at radius 3 is 2.42 bits per heavy atom. The van der Waals surface area contributed by atoms with Crippen molar-refractivity contribution >= 4 is 25.8 Å². The number of ether oxygens (including phenoxy) is 2. The van der Waals surface area contributed by atoms with Gasteiger partial charge in [-0.05, 0) is 32.0 Å². The predicted molar refractivity (Wildman–Crippen MR) is 89.2 cm³/mol. The van der Waals surface area contributed by atoms with Crippen LogP contribution >= 0.6 is 0 Å². The molecular weight excluding hydrogens is 358 g/mol. The lowest BCUT2D eigenvalue weighted by Crippen LogP contribution is -2.36. The molecule has 10 heteroatoms. The molecule has 1 heterocycles. The van der Waals surface area contributed by atoms with Gasteiger partial charge in [-0.2, -0.15) is 8.42 Å². The van der Waals surface area contributed by atoms with Crippen LogP contribution in [0.2, 0.25) is 0 Å². The molecule has 1 aromatic rings. The lowest BCUT2D eigenvalue weighted by Gasteiger charge is -2.25. The van der Waals surface area contributed by atoms with Crippen LogP contribution in [0.25, 0.3) is 0 Å². The zero-order valence-electron chi connectivity index (χ0n) is 13.9. The highest BCUT2D eigenvalue weighted by Gasteiger charge is 2.42. The maximum Gasteiger partial charge on any atom is 0.360 e. The summed E-state index contributed by atoms with van der Waals surface area (Å²) in [5, 5.41) is 0. The molecule has 0 aliphatic carbocycles. The molecule has 1 aliphatic rings. The third-order valence-electron chi connectivity index (χ3n) is 4.01. The van der Waals surface area contributed by atoms with Crippen LogP contribution in [-0.4, -0.2) is 46.4 Å². The Kier molecular flexibility index (Phi) is 4.88. The van der Waals surface area contributed by atoms with E-state index in [1.165, 1.54) is 32.2 Å². The van der Waals surface area contributed by atoms with Gasteiger partial charge in [-0.3, -0.25) is 4.55 Å². The number of sulfone groups is 1. The summed E-state index contributed by atoms with van der Waals surface area (Å²) in [5.74, 6) is -0.565. The summed E-state index contributed by atoms with van der Waals surface area (Å²) in [4.78, 5) is 0. The van der Waals surface area contributed by atoms with Crippen LogP contribution in [0.15, 0.2) is 18.2 Å². The molecular formula is C14H21NO7S2. The number of rotatable bonds is 6. The van der Waals surface area contributed by atoms with Crippen LogP contribution in [0, 0.1) is 0 Å². The van der Waals surface area contributed by atoms with Crippen molar-refractivity contribution in [3.8, 4) is 5.75 Å². The molecule has 24 heavy (non-hydrogen) atoms. The van der Waals surface area contributed by atoms with E-state index in [2.05, 4.69) is 0 Å². The molecule has 1 aromatic carbocycles. The second-order valence-electron chi connectivity index (χ2n) is 6.08. The van der Waals surface area contributed by atoms with E-state index in [-0.39, 0.29) is 11.4 Å². The number of fused-ring (bicyclic) bond motifs is 1. The molecule has 0 bridgehead atoms. The van der Waals surface area contributed by atoms with Gasteiger partial charge >= 0.3 is 10.3 Å². The summed E-state index contributed by atoms with van der Waals surface area (Å²) in [6.45, 7) is 5.12. The molecule has 0 fully saturated rings. The predicted octanol–water partition coefficient (Wildman–Crippen LogP) is 1.33. The summed E-state index contributed by atoms with van der Waals surface area (Å²) in [5.41, 5.74) is 0.130. The lowest BCUT2D eigenvalue weighted by molar-refractivity contribution is -0.0779. The first-order chi connectivity index (χ1) is 10.9. The second kappa shape index (κ2) is 6.17. The van der Waals surface area contributed by atoms with Crippen molar-refractivity contribution in [2.24, 2.45) is 0 Å². The minimum atomic E-state index is -4.75. The van der Waals surface area contributed by atoms with Crippen molar-refractivity contribution in [1.82, 2.24) is 0 Å². The van der Waals surface area contributed by atoms with Gasteiger partial charge in [-0.1, -0.05) is 6.92 Å². The van der Waals surface area contributed by atoms with Crippen LogP contribution < -0.4 is 9.04 Å². The fraction of sp³-hybridized carbons (Fsp3) is 0.571. The van der Waals surface area contributed by atoms with Gasteiger partial charge in [0.05, 0.1) is 11.1 Å². The van der Waals surface area contributed by atoms with Gasteiger partial charge in [0, 0.05) is 18.4 Å². The maximum atomic E-state index is 11.8. The van der Waals surface area contributed by atoms with E-state index >= 15 is 0 Å². The molecule has 136 valence electrons. The molecule has 0 aromatic heterocycles. The van der Waals surface area contributed by atoms with Crippen molar-refractivity contribution in [3.05, 3.63) is 23.8 Å². The number of nitrogens with zero attached hydrogens (tertiary/aromatic N) is 1. The minimum absolute atomic E-state index is 0.0432. The zero-order chi connectivity index (χ0) is 18.3. The Balaban J connectivity index is 2.52. The van der Waals surface area contributed by atoms with E-state index in [4.69, 9.17) is 9.47 Å². The van der Waals surface area contributed by atoms with Crippen molar-refractivity contribution in [2.75, 3.05) is 23.0 Å². The van der Waals surface area contributed by atoms with Crippen LogP contribution in [0.3, 0.4) is 0 Å². The Bertz CT molecular complexity index is 831. The fourth-order valence-corrected chi connectivity index (χ4v) is 4.64. The Morgan fingerprint density at radius 1 is 1.29 bits per heavy atom. The zero-order valence-corrected chi connectivity index (χ0v) is 15.5. The van der Waals surface area contributed by atoms with Crippen LogP contribution in [0.5, 0.6) is 5.75 Å². The average Bonchev–Trinajstić information content (AvgIpc) is 2.74. The summed E-state index contributed by atoms with van der Waals surface area (Å²) < 4.78 is 67.8. The molecule has 0 amide bonds. The van der Waals surface area contributed by atoms with E-state index in [1.54, 1.807) is 0 Å². The molecule has 8 nitrogen and oxygen atoms in total. The third-order valence-corrected chi connectivity index (χ3v) is 6.61. The molecule has 0 saturated heterocycles. The molecule has 1 unspecified atom stereocenters. The summed E-state index contributed by atoms with van der Waals surface area (Å²) >= 11 is 0. The SMILES string of the molecule is CCS(=O)(=O)CN(c1ccc2c(c1)C(C)(C)C(OC)O2)S(=O)(=O)O. The number of hydrogen-bond acceptors (Lipinski definition) is 6. The van der Waals surface area contributed by atoms with E-state index in [0.29, 0.717) is 15.6 Å². The quantitative estimate of drug-likeness (QED) is 0.742. The molecule has 1 N–H and O–H groups in total. The summed E-state index contributed by atoms with van der Waals surface area (Å²) in [6, 6.07) is 4.40. The van der Waals surface area contributed by atoms with Crippen molar-refractivity contribution in [3.63, 3.8) is 0 Å². The second-order valence-corrected chi connectivity index (χ2v) is 9.73. The standard InChI is InChI=1S/C14H21NO7S2/c1-5-23(16,17)9-15(24(18,19)20)10-6-7-12-11(8-10)14(2,3)13(21-4)22-12/h6-8,13H,5,9H2,1-4H3,(H,18,19,20). The van der Waals surface area contributed by atoms with Crippen molar-refractivity contribution in [2.45, 2.75) is 32.5 Å². The third kappa shape index (κ3) is 3.51.